The van der Waals surface area contributed by atoms with Crippen LogP contribution in [-0.2, 0) is 12.8 Å². The maximum Gasteiger partial charge on any atom is 0.256 e. The Hall–Kier alpha value is -3.52. The van der Waals surface area contributed by atoms with E-state index in [0.29, 0.717) is 36.0 Å². The summed E-state index contributed by atoms with van der Waals surface area (Å²) in [4.78, 5) is 23.0. The van der Waals surface area contributed by atoms with Crippen molar-refractivity contribution in [1.29, 1.82) is 0 Å². The summed E-state index contributed by atoms with van der Waals surface area (Å²) < 4.78 is 16.8. The van der Waals surface area contributed by atoms with Gasteiger partial charge in [-0.1, -0.05) is 12.1 Å². The van der Waals surface area contributed by atoms with Crippen LogP contribution in [0, 0.1) is 0 Å². The fraction of sp³-hybridized carbons (Fsp3) is 0.280. The second-order valence-corrected chi connectivity index (χ2v) is 9.28. The van der Waals surface area contributed by atoms with Crippen molar-refractivity contribution in [3.63, 3.8) is 0 Å². The lowest BCUT2D eigenvalue weighted by Crippen LogP contribution is -2.18. The molecule has 1 aliphatic heterocycles. The van der Waals surface area contributed by atoms with Gasteiger partial charge in [-0.25, -0.2) is 4.98 Å². The van der Waals surface area contributed by atoms with Gasteiger partial charge >= 0.3 is 0 Å². The predicted octanol–water partition coefficient (Wildman–Crippen LogP) is 5.20. The average molecular weight is 462 g/mol. The van der Waals surface area contributed by atoms with E-state index in [1.807, 2.05) is 24.3 Å². The van der Waals surface area contributed by atoms with E-state index in [4.69, 9.17) is 19.2 Å². The van der Waals surface area contributed by atoms with Gasteiger partial charge < -0.3 is 24.5 Å². The number of imidazole rings is 1. The zero-order valence-corrected chi connectivity index (χ0v) is 19.0. The summed E-state index contributed by atoms with van der Waals surface area (Å²) in [7, 11) is 1.56. The maximum atomic E-state index is 13.3. The molecule has 168 valence electrons. The van der Waals surface area contributed by atoms with E-state index in [-0.39, 0.29) is 5.91 Å². The van der Waals surface area contributed by atoms with Crippen molar-refractivity contribution in [3.8, 4) is 28.6 Å². The summed E-state index contributed by atoms with van der Waals surface area (Å²) in [6.45, 7) is 0.894. The number of H-pyrrole nitrogens is 1. The van der Waals surface area contributed by atoms with E-state index in [0.717, 1.165) is 46.7 Å². The van der Waals surface area contributed by atoms with Crippen LogP contribution in [0.15, 0.2) is 36.4 Å². The van der Waals surface area contributed by atoms with E-state index in [1.165, 1.54) is 16.9 Å². The molecular formula is C25H23N3O4S. The van der Waals surface area contributed by atoms with Crippen LogP contribution in [0.1, 0.15) is 33.6 Å². The molecule has 0 saturated heterocycles. The normalized spacial score (nSPS) is 14.7. The molecule has 4 aromatic rings. The molecule has 2 aromatic carbocycles. The number of rotatable bonds is 4. The minimum atomic E-state index is -0.221. The van der Waals surface area contributed by atoms with Gasteiger partial charge in [0.25, 0.3) is 5.91 Å². The van der Waals surface area contributed by atoms with Crippen LogP contribution >= 0.6 is 11.3 Å². The number of nitrogens with zero attached hydrogens (tertiary/aromatic N) is 1. The Balaban J connectivity index is 1.40. The number of anilines is 1. The summed E-state index contributed by atoms with van der Waals surface area (Å²) in [5.74, 6) is 2.12. The number of hydrogen-bond donors (Lipinski definition) is 2. The molecule has 7 nitrogen and oxygen atoms in total. The first-order valence-electron chi connectivity index (χ1n) is 11.1. The lowest BCUT2D eigenvalue weighted by atomic mass is 9.95. The summed E-state index contributed by atoms with van der Waals surface area (Å²) in [6.07, 6.45) is 4.33. The summed E-state index contributed by atoms with van der Waals surface area (Å²) in [5, 5.41) is 3.97. The quantitative estimate of drug-likeness (QED) is 0.436. The zero-order chi connectivity index (χ0) is 22.4. The zero-order valence-electron chi connectivity index (χ0n) is 18.2. The molecule has 0 radical (unpaired) electrons. The van der Waals surface area contributed by atoms with Gasteiger partial charge in [0.2, 0.25) is 5.75 Å². The van der Waals surface area contributed by atoms with Crippen LogP contribution in [0.5, 0.6) is 17.2 Å². The Morgan fingerprint density at radius 1 is 1.15 bits per heavy atom. The number of amides is 1. The lowest BCUT2D eigenvalue weighted by Gasteiger charge is -2.21. The number of thiophene rings is 1. The molecule has 33 heavy (non-hydrogen) atoms. The number of benzene rings is 2. The molecule has 1 aliphatic carbocycles. The van der Waals surface area contributed by atoms with Gasteiger partial charge in [0, 0.05) is 10.4 Å². The average Bonchev–Trinajstić information content (AvgIpc) is 3.43. The maximum absolute atomic E-state index is 13.3. The molecule has 0 fully saturated rings. The molecule has 0 bridgehead atoms. The number of hydrogen-bond acceptors (Lipinski definition) is 6. The third kappa shape index (κ3) is 3.51. The third-order valence-corrected chi connectivity index (χ3v) is 7.32. The second-order valence-electron chi connectivity index (χ2n) is 8.17. The Bertz CT molecular complexity index is 1320. The minimum absolute atomic E-state index is 0.221. The highest BCUT2D eigenvalue weighted by Crippen LogP contribution is 2.45. The minimum Gasteiger partial charge on any atom is -0.493 e. The number of nitrogens with one attached hydrogen (secondary N) is 2. The first kappa shape index (κ1) is 20.1. The van der Waals surface area contributed by atoms with Crippen LogP contribution in [0.2, 0.25) is 0 Å². The Morgan fingerprint density at radius 3 is 2.88 bits per heavy atom. The Labute approximate surface area is 194 Å². The number of fused-ring (bicyclic) bond motifs is 3. The van der Waals surface area contributed by atoms with E-state index in [1.54, 1.807) is 30.6 Å². The molecule has 0 saturated carbocycles. The van der Waals surface area contributed by atoms with E-state index in [9.17, 15) is 4.79 Å². The molecule has 0 atom stereocenters. The van der Waals surface area contributed by atoms with Crippen LogP contribution in [0.25, 0.3) is 22.4 Å². The highest BCUT2D eigenvalue weighted by atomic mass is 32.1. The van der Waals surface area contributed by atoms with Crippen LogP contribution in [0.4, 0.5) is 5.00 Å². The standard InChI is InChI=1S/C25H23N3O4S/c1-30-18-12-14(13-19-22(18)32-11-10-31-19)24(29)28-25-21(15-6-2-5-9-20(15)33-25)23-26-16-7-3-4-8-17(16)27-23/h3-4,7-8,12-13H,2,5-6,9-11H2,1H3,(H,26,27)(H,28,29). The number of aryl methyl sites for hydroxylation is 1. The van der Waals surface area contributed by atoms with Gasteiger partial charge in [-0.2, -0.15) is 0 Å². The molecule has 1 amide bonds. The number of aromatic nitrogens is 2. The van der Waals surface area contributed by atoms with Crippen molar-refractivity contribution in [2.45, 2.75) is 25.7 Å². The number of carbonyl (C=O) groups excluding carboxylic acids is 1. The molecular weight excluding hydrogens is 438 g/mol. The Kier molecular flexibility index (Phi) is 4.95. The lowest BCUT2D eigenvalue weighted by molar-refractivity contribution is 0.102. The van der Waals surface area contributed by atoms with Gasteiger partial charge in [-0.05, 0) is 55.5 Å². The summed E-state index contributed by atoms with van der Waals surface area (Å²) in [6, 6.07) is 11.4. The number of aromatic amines is 1. The van der Waals surface area contributed by atoms with Crippen molar-refractivity contribution in [3.05, 3.63) is 52.4 Å². The highest BCUT2D eigenvalue weighted by molar-refractivity contribution is 7.17. The predicted molar refractivity (Wildman–Crippen MR) is 128 cm³/mol. The number of methoxy groups -OCH3 is 1. The van der Waals surface area contributed by atoms with E-state index >= 15 is 0 Å². The van der Waals surface area contributed by atoms with Crippen LogP contribution in [0.3, 0.4) is 0 Å². The van der Waals surface area contributed by atoms with Crippen molar-refractivity contribution in [1.82, 2.24) is 9.97 Å². The van der Waals surface area contributed by atoms with E-state index in [2.05, 4.69) is 10.3 Å². The van der Waals surface area contributed by atoms with E-state index < -0.39 is 0 Å². The first-order valence-corrected chi connectivity index (χ1v) is 11.9. The van der Waals surface area contributed by atoms with Crippen molar-refractivity contribution >= 4 is 33.3 Å². The summed E-state index contributed by atoms with van der Waals surface area (Å²) >= 11 is 1.65. The molecule has 3 heterocycles. The highest BCUT2D eigenvalue weighted by Gasteiger charge is 2.26. The molecule has 2 N–H and O–H groups in total. The molecule has 0 spiro atoms. The molecule has 2 aromatic heterocycles. The van der Waals surface area contributed by atoms with Gasteiger partial charge in [-0.15, -0.1) is 11.3 Å². The topological polar surface area (TPSA) is 85.5 Å². The fourth-order valence-corrected chi connectivity index (χ4v) is 5.84. The third-order valence-electron chi connectivity index (χ3n) is 6.11. The van der Waals surface area contributed by atoms with Gasteiger partial charge in [-0.3, -0.25) is 4.79 Å². The van der Waals surface area contributed by atoms with Crippen LogP contribution < -0.4 is 19.5 Å². The molecule has 6 rings (SSSR count). The van der Waals surface area contributed by atoms with Gasteiger partial charge in [0.05, 0.1) is 23.7 Å². The van der Waals surface area contributed by atoms with Gasteiger partial charge in [0.1, 0.15) is 24.0 Å². The van der Waals surface area contributed by atoms with Crippen molar-refractivity contribution in [2.24, 2.45) is 0 Å². The number of ether oxygens (including phenoxy) is 3. The number of para-hydroxylation sites is 2. The first-order chi connectivity index (χ1) is 16.2. The van der Waals surface area contributed by atoms with Crippen LogP contribution in [-0.4, -0.2) is 36.2 Å². The number of carbonyl (C=O) groups is 1. The summed E-state index contributed by atoms with van der Waals surface area (Å²) in [5.41, 5.74) is 4.65. The monoisotopic (exact) mass is 461 g/mol. The smallest absolute Gasteiger partial charge is 0.256 e. The van der Waals surface area contributed by atoms with Crippen molar-refractivity contribution in [2.75, 3.05) is 25.6 Å². The molecule has 0 unspecified atom stereocenters. The molecule has 8 heteroatoms. The van der Waals surface area contributed by atoms with Crippen molar-refractivity contribution < 1.29 is 19.0 Å². The SMILES string of the molecule is COc1cc(C(=O)Nc2sc3c(c2-c2nc4ccccc4[nH]2)CCCC3)cc2c1OCCO2. The second kappa shape index (κ2) is 8.12. The molecule has 2 aliphatic rings. The van der Waals surface area contributed by atoms with Gasteiger partial charge in [0.15, 0.2) is 11.5 Å². The largest absolute Gasteiger partial charge is 0.493 e. The fourth-order valence-electron chi connectivity index (χ4n) is 4.56. The Morgan fingerprint density at radius 2 is 2.00 bits per heavy atom.